The lowest BCUT2D eigenvalue weighted by Crippen LogP contribution is -2.34. The zero-order chi connectivity index (χ0) is 14.4. The second-order valence-corrected chi connectivity index (χ2v) is 4.97. The van der Waals surface area contributed by atoms with Crippen LogP contribution in [-0.2, 0) is 0 Å². The smallest absolute Gasteiger partial charge is 0.253 e. The molecule has 0 atom stereocenters. The molecule has 106 valence electrons. The molecule has 0 bridgehead atoms. The predicted molar refractivity (Wildman–Crippen MR) is 78.8 cm³/mol. The van der Waals surface area contributed by atoms with E-state index in [4.69, 9.17) is 11.2 Å². The summed E-state index contributed by atoms with van der Waals surface area (Å²) in [7, 11) is 2.09. The van der Waals surface area contributed by atoms with Gasteiger partial charge in [-0.15, -0.1) is 6.42 Å². The highest BCUT2D eigenvalue weighted by Crippen LogP contribution is 2.14. The van der Waals surface area contributed by atoms with E-state index >= 15 is 0 Å². The third-order valence-electron chi connectivity index (χ3n) is 3.43. The topological polar surface area (TPSA) is 32.8 Å². The van der Waals surface area contributed by atoms with Gasteiger partial charge in [0.15, 0.2) is 0 Å². The molecule has 1 fully saturated rings. The van der Waals surface area contributed by atoms with Crippen molar-refractivity contribution in [1.29, 1.82) is 0 Å². The Morgan fingerprint density at radius 1 is 1.25 bits per heavy atom. The van der Waals surface area contributed by atoms with Crippen LogP contribution in [0.4, 0.5) is 0 Å². The van der Waals surface area contributed by atoms with Crippen LogP contribution in [0.5, 0.6) is 5.75 Å². The van der Waals surface area contributed by atoms with Gasteiger partial charge in [-0.3, -0.25) is 4.79 Å². The lowest BCUT2D eigenvalue weighted by Gasteiger charge is -2.20. The van der Waals surface area contributed by atoms with Crippen LogP contribution in [0.2, 0.25) is 0 Å². The number of benzene rings is 1. The molecule has 0 saturated carbocycles. The second-order valence-electron chi connectivity index (χ2n) is 4.97. The predicted octanol–water partition coefficient (Wildman–Crippen LogP) is 1.48. The first-order valence-corrected chi connectivity index (χ1v) is 6.85. The Kier molecular flexibility index (Phi) is 5.03. The SMILES string of the molecule is C#CCOc1ccc(C(=O)N2CCCN(C)CC2)cc1. The lowest BCUT2D eigenvalue weighted by molar-refractivity contribution is 0.0763. The minimum absolute atomic E-state index is 0.0869. The number of nitrogens with zero attached hydrogens (tertiary/aromatic N) is 2. The first kappa shape index (κ1) is 14.4. The number of hydrogen-bond acceptors (Lipinski definition) is 3. The minimum Gasteiger partial charge on any atom is -0.481 e. The maximum atomic E-state index is 12.4. The molecular weight excluding hydrogens is 252 g/mol. The number of ether oxygens (including phenoxy) is 1. The van der Waals surface area contributed by atoms with Crippen LogP contribution in [0.3, 0.4) is 0 Å². The molecule has 0 radical (unpaired) electrons. The number of carbonyl (C=O) groups is 1. The molecule has 0 unspecified atom stereocenters. The summed E-state index contributed by atoms with van der Waals surface area (Å²) in [5, 5.41) is 0. The van der Waals surface area contributed by atoms with Crippen molar-refractivity contribution in [3.05, 3.63) is 29.8 Å². The standard InChI is InChI=1S/C16H20N2O2/c1-3-13-20-15-7-5-14(6-8-15)16(19)18-10-4-9-17(2)11-12-18/h1,5-8H,4,9-13H2,2H3. The van der Waals surface area contributed by atoms with E-state index in [0.717, 1.165) is 32.6 Å². The van der Waals surface area contributed by atoms with Crippen LogP contribution in [0.25, 0.3) is 0 Å². The van der Waals surface area contributed by atoms with Gasteiger partial charge in [-0.25, -0.2) is 0 Å². The molecule has 1 saturated heterocycles. The highest BCUT2D eigenvalue weighted by Gasteiger charge is 2.18. The molecule has 1 aliphatic rings. The molecular formula is C16H20N2O2. The Morgan fingerprint density at radius 3 is 2.70 bits per heavy atom. The summed E-state index contributed by atoms with van der Waals surface area (Å²) in [5.74, 6) is 3.19. The highest BCUT2D eigenvalue weighted by molar-refractivity contribution is 5.94. The first-order valence-electron chi connectivity index (χ1n) is 6.85. The van der Waals surface area contributed by atoms with E-state index in [-0.39, 0.29) is 12.5 Å². The highest BCUT2D eigenvalue weighted by atomic mass is 16.5. The van der Waals surface area contributed by atoms with Crippen LogP contribution in [0.1, 0.15) is 16.8 Å². The van der Waals surface area contributed by atoms with Gasteiger partial charge in [0.2, 0.25) is 0 Å². The van der Waals surface area contributed by atoms with E-state index in [2.05, 4.69) is 17.9 Å². The van der Waals surface area contributed by atoms with Gasteiger partial charge in [0.1, 0.15) is 12.4 Å². The Hall–Kier alpha value is -1.99. The maximum absolute atomic E-state index is 12.4. The first-order chi connectivity index (χ1) is 9.70. The van der Waals surface area contributed by atoms with Crippen molar-refractivity contribution >= 4 is 5.91 Å². The average Bonchev–Trinajstić information content (AvgIpc) is 2.70. The van der Waals surface area contributed by atoms with Crippen molar-refractivity contribution in [2.75, 3.05) is 39.8 Å². The molecule has 0 aromatic heterocycles. The van der Waals surface area contributed by atoms with Crippen LogP contribution in [0, 0.1) is 12.3 Å². The monoisotopic (exact) mass is 272 g/mol. The molecule has 0 spiro atoms. The lowest BCUT2D eigenvalue weighted by atomic mass is 10.2. The van der Waals surface area contributed by atoms with Crippen molar-refractivity contribution in [1.82, 2.24) is 9.80 Å². The fourth-order valence-corrected chi connectivity index (χ4v) is 2.25. The Morgan fingerprint density at radius 2 is 2.00 bits per heavy atom. The fourth-order valence-electron chi connectivity index (χ4n) is 2.25. The molecule has 4 nitrogen and oxygen atoms in total. The van der Waals surface area contributed by atoms with Crippen LogP contribution in [0.15, 0.2) is 24.3 Å². The Labute approximate surface area is 120 Å². The number of carbonyl (C=O) groups excluding carboxylic acids is 1. The third kappa shape index (κ3) is 3.75. The number of terminal acetylenes is 1. The van der Waals surface area contributed by atoms with Gasteiger partial charge in [0.25, 0.3) is 5.91 Å². The normalized spacial score (nSPS) is 16.3. The van der Waals surface area contributed by atoms with Crippen molar-refractivity contribution < 1.29 is 9.53 Å². The summed E-state index contributed by atoms with van der Waals surface area (Å²) < 4.78 is 5.30. The molecule has 1 heterocycles. The van der Waals surface area contributed by atoms with Crippen molar-refractivity contribution in [2.45, 2.75) is 6.42 Å². The Bertz CT molecular complexity index is 490. The van der Waals surface area contributed by atoms with Crippen molar-refractivity contribution in [2.24, 2.45) is 0 Å². The summed E-state index contributed by atoms with van der Waals surface area (Å²) in [6.07, 6.45) is 6.16. The zero-order valence-corrected chi connectivity index (χ0v) is 11.8. The quantitative estimate of drug-likeness (QED) is 0.781. The van der Waals surface area contributed by atoms with Gasteiger partial charge >= 0.3 is 0 Å². The number of rotatable bonds is 3. The van der Waals surface area contributed by atoms with Crippen LogP contribution >= 0.6 is 0 Å². The van der Waals surface area contributed by atoms with Gasteiger partial charge in [-0.05, 0) is 44.3 Å². The van der Waals surface area contributed by atoms with Gasteiger partial charge < -0.3 is 14.5 Å². The van der Waals surface area contributed by atoms with Crippen LogP contribution < -0.4 is 4.74 Å². The molecule has 20 heavy (non-hydrogen) atoms. The summed E-state index contributed by atoms with van der Waals surface area (Å²) in [4.78, 5) is 16.6. The second kappa shape index (κ2) is 6.97. The molecule has 4 heteroatoms. The van der Waals surface area contributed by atoms with Gasteiger partial charge in [-0.2, -0.15) is 0 Å². The molecule has 0 aliphatic carbocycles. The van der Waals surface area contributed by atoms with Crippen molar-refractivity contribution in [3.63, 3.8) is 0 Å². The summed E-state index contributed by atoms with van der Waals surface area (Å²) in [5.41, 5.74) is 0.697. The van der Waals surface area contributed by atoms with E-state index in [1.54, 1.807) is 24.3 Å². The Balaban J connectivity index is 1.99. The number of likely N-dealkylation sites (N-methyl/N-ethyl adjacent to an activating group) is 1. The molecule has 1 aromatic rings. The largest absolute Gasteiger partial charge is 0.481 e. The van der Waals surface area contributed by atoms with Gasteiger partial charge in [0, 0.05) is 25.2 Å². The number of amides is 1. The van der Waals surface area contributed by atoms with Gasteiger partial charge in [0.05, 0.1) is 0 Å². The number of hydrogen-bond donors (Lipinski definition) is 0. The molecule has 1 aromatic carbocycles. The van der Waals surface area contributed by atoms with E-state index < -0.39 is 0 Å². The van der Waals surface area contributed by atoms with E-state index in [9.17, 15) is 4.79 Å². The third-order valence-corrected chi connectivity index (χ3v) is 3.43. The minimum atomic E-state index is 0.0869. The van der Waals surface area contributed by atoms with E-state index in [0.29, 0.717) is 11.3 Å². The molecule has 1 amide bonds. The summed E-state index contributed by atoms with van der Waals surface area (Å²) in [6, 6.07) is 7.16. The summed E-state index contributed by atoms with van der Waals surface area (Å²) in [6.45, 7) is 3.81. The molecule has 0 N–H and O–H groups in total. The maximum Gasteiger partial charge on any atom is 0.253 e. The molecule has 2 rings (SSSR count). The fraction of sp³-hybridized carbons (Fsp3) is 0.438. The van der Waals surface area contributed by atoms with Crippen LogP contribution in [-0.4, -0.2) is 55.5 Å². The van der Waals surface area contributed by atoms with E-state index in [1.165, 1.54) is 0 Å². The van der Waals surface area contributed by atoms with E-state index in [1.807, 2.05) is 4.90 Å². The summed E-state index contributed by atoms with van der Waals surface area (Å²) >= 11 is 0. The van der Waals surface area contributed by atoms with Crippen molar-refractivity contribution in [3.8, 4) is 18.1 Å². The average molecular weight is 272 g/mol. The molecule has 1 aliphatic heterocycles. The van der Waals surface area contributed by atoms with Gasteiger partial charge in [-0.1, -0.05) is 5.92 Å². The zero-order valence-electron chi connectivity index (χ0n) is 11.8.